The van der Waals surface area contributed by atoms with Crippen molar-refractivity contribution in [1.82, 2.24) is 0 Å². The summed E-state index contributed by atoms with van der Waals surface area (Å²) in [5.41, 5.74) is 0.806. The van der Waals surface area contributed by atoms with Crippen molar-refractivity contribution >= 4 is 32.3 Å². The second-order valence-corrected chi connectivity index (χ2v) is 4.65. The standard InChI is InChI=1S/C7H8O3S.3BFH2O2.Li.H/c1-6-3-2-4-7(5-6)11(8,9)10;3*2-1(3)4;;/h2-5H,1H3,(H,8,9,10);3*3-4H;;/q;;;;+1;-1. The van der Waals surface area contributed by atoms with E-state index in [0.717, 1.165) is 5.56 Å². The van der Waals surface area contributed by atoms with Gasteiger partial charge in [0.05, 0.1) is 4.90 Å². The van der Waals surface area contributed by atoms with Crippen molar-refractivity contribution in [3.63, 3.8) is 0 Å². The molecule has 24 heavy (non-hydrogen) atoms. The van der Waals surface area contributed by atoms with Crippen LogP contribution in [0.2, 0.25) is 0 Å². The molecule has 0 radical (unpaired) electrons. The Balaban J connectivity index is -0.0000000810. The van der Waals surface area contributed by atoms with Crippen molar-refractivity contribution in [2.24, 2.45) is 0 Å². The summed E-state index contributed by atoms with van der Waals surface area (Å²) < 4.78 is 60.0. The summed E-state index contributed by atoms with van der Waals surface area (Å²) in [7, 11) is -12.0. The van der Waals surface area contributed by atoms with Crippen LogP contribution >= 0.6 is 0 Å². The molecule has 0 heterocycles. The fourth-order valence-corrected chi connectivity index (χ4v) is 1.36. The topological polar surface area (TPSA) is 176 Å². The summed E-state index contributed by atoms with van der Waals surface area (Å²) in [6.07, 6.45) is 0. The van der Waals surface area contributed by atoms with Crippen molar-refractivity contribution < 1.29 is 76.3 Å². The van der Waals surface area contributed by atoms with E-state index in [1.165, 1.54) is 12.1 Å². The largest absolute Gasteiger partial charge is 1.00 e. The Bertz CT molecular complexity index is 492. The first-order chi connectivity index (χ1) is 10.2. The third kappa shape index (κ3) is 37.6. The zero-order valence-electron chi connectivity index (χ0n) is 13.5. The Morgan fingerprint density at radius 2 is 1.21 bits per heavy atom. The Morgan fingerprint density at radius 1 is 0.917 bits per heavy atom. The average Bonchev–Trinajstić information content (AvgIpc) is 2.25. The van der Waals surface area contributed by atoms with E-state index in [9.17, 15) is 21.4 Å². The van der Waals surface area contributed by atoms with Crippen LogP contribution < -0.4 is 18.9 Å². The number of benzene rings is 1. The first-order valence-electron chi connectivity index (χ1n) is 5.25. The van der Waals surface area contributed by atoms with Gasteiger partial charge >= 0.3 is 41.0 Å². The molecular weight excluding hydrogens is 357 g/mol. The summed E-state index contributed by atoms with van der Waals surface area (Å²) in [6, 6.07) is 6.10. The van der Waals surface area contributed by atoms with Crippen LogP contribution in [0.15, 0.2) is 29.2 Å². The third-order valence-corrected chi connectivity index (χ3v) is 2.14. The molecule has 0 spiro atoms. The molecule has 0 amide bonds. The molecule has 17 heteroatoms. The number of hydrogen-bond donors (Lipinski definition) is 7. The molecule has 0 aromatic heterocycles. The number of aryl methyl sites for hydroxylation is 1. The zero-order valence-corrected chi connectivity index (χ0v) is 13.3. The Kier molecular flexibility index (Phi) is 22.5. The second kappa shape index (κ2) is 17.3. The summed E-state index contributed by atoms with van der Waals surface area (Å²) in [4.78, 5) is -0.0579. The fraction of sp³-hybridized carbons (Fsp3) is 0.143. The minimum Gasteiger partial charge on any atom is -1.00 e. The minimum absolute atomic E-state index is 0. The van der Waals surface area contributed by atoms with Crippen LogP contribution in [0.5, 0.6) is 0 Å². The van der Waals surface area contributed by atoms with Gasteiger partial charge in [-0.25, -0.2) is 0 Å². The smallest absolute Gasteiger partial charge is 1.00 e. The van der Waals surface area contributed by atoms with Crippen molar-refractivity contribution in [3.8, 4) is 0 Å². The molecule has 1 rings (SSSR count). The van der Waals surface area contributed by atoms with Crippen LogP contribution in [0.4, 0.5) is 12.9 Å². The molecule has 1 aromatic carbocycles. The molecule has 0 fully saturated rings. The maximum absolute atomic E-state index is 10.5. The first-order valence-corrected chi connectivity index (χ1v) is 6.69. The molecule has 0 unspecified atom stereocenters. The van der Waals surface area contributed by atoms with Crippen LogP contribution in [0.25, 0.3) is 0 Å². The van der Waals surface area contributed by atoms with Crippen molar-refractivity contribution in [2.45, 2.75) is 11.8 Å². The van der Waals surface area contributed by atoms with Gasteiger partial charge in [0.2, 0.25) is 0 Å². The van der Waals surface area contributed by atoms with Gasteiger partial charge in [-0.2, -0.15) is 8.42 Å². The van der Waals surface area contributed by atoms with E-state index in [2.05, 4.69) is 0 Å². The SMILES string of the molecule is Cc1cccc(S(=O)(=O)O)c1.OB(O)F.OB(O)F.OB(O)F.[H-].[Li+]. The molecule has 0 aliphatic carbocycles. The van der Waals surface area contributed by atoms with Crippen molar-refractivity contribution in [2.75, 3.05) is 0 Å². The monoisotopic (exact) mass is 372 g/mol. The number of hydrogen-bond acceptors (Lipinski definition) is 8. The van der Waals surface area contributed by atoms with Gasteiger partial charge in [0.15, 0.2) is 0 Å². The van der Waals surface area contributed by atoms with Crippen molar-refractivity contribution in [1.29, 1.82) is 0 Å². The molecule has 1 aromatic rings. The quantitative estimate of drug-likeness (QED) is 0.188. The van der Waals surface area contributed by atoms with Crippen molar-refractivity contribution in [3.05, 3.63) is 29.8 Å². The van der Waals surface area contributed by atoms with E-state index >= 15 is 0 Å². The van der Waals surface area contributed by atoms with Crippen LogP contribution in [-0.4, -0.2) is 65.3 Å². The Morgan fingerprint density at radius 3 is 1.38 bits per heavy atom. The van der Waals surface area contributed by atoms with E-state index in [0.29, 0.717) is 0 Å². The molecule has 0 saturated carbocycles. The molecule has 0 saturated heterocycles. The summed E-state index contributed by atoms with van der Waals surface area (Å²) in [5.74, 6) is 0. The molecule has 9 nitrogen and oxygen atoms in total. The Labute approximate surface area is 150 Å². The van der Waals surface area contributed by atoms with Gasteiger partial charge < -0.3 is 31.6 Å². The molecule has 0 bridgehead atoms. The third-order valence-electron chi connectivity index (χ3n) is 1.29. The normalized spacial score (nSPS) is 8.62. The molecule has 0 atom stereocenters. The zero-order chi connectivity index (χ0) is 19.2. The molecule has 7 N–H and O–H groups in total. The predicted molar refractivity (Wildman–Crippen MR) is 76.0 cm³/mol. The first kappa shape index (κ1) is 31.3. The van der Waals surface area contributed by atoms with Gasteiger partial charge in [0.25, 0.3) is 10.1 Å². The van der Waals surface area contributed by atoms with E-state index < -0.39 is 32.3 Å². The minimum atomic E-state index is -4.03. The summed E-state index contributed by atoms with van der Waals surface area (Å²) in [5, 5.41) is 41.7. The molecular formula is C7H15B3F3LiO9S. The second-order valence-electron chi connectivity index (χ2n) is 3.22. The van der Waals surface area contributed by atoms with Crippen LogP contribution in [0, 0.1) is 6.92 Å². The van der Waals surface area contributed by atoms with E-state index in [-0.39, 0.29) is 25.2 Å². The fourth-order valence-electron chi connectivity index (χ4n) is 0.776. The van der Waals surface area contributed by atoms with E-state index in [1.807, 2.05) is 0 Å². The maximum atomic E-state index is 10.5. The van der Waals surface area contributed by atoms with Crippen LogP contribution in [0.3, 0.4) is 0 Å². The van der Waals surface area contributed by atoms with E-state index in [1.54, 1.807) is 19.1 Å². The Hall–Kier alpha value is -0.528. The predicted octanol–water partition coefficient (Wildman–Crippen LogP) is -4.87. The average molecular weight is 372 g/mol. The summed E-state index contributed by atoms with van der Waals surface area (Å²) in [6.45, 7) is 1.76. The maximum Gasteiger partial charge on any atom is 1.00 e. The number of rotatable bonds is 1. The van der Waals surface area contributed by atoms with Gasteiger partial charge in [-0.1, -0.05) is 12.1 Å². The van der Waals surface area contributed by atoms with Gasteiger partial charge in [0, 0.05) is 0 Å². The van der Waals surface area contributed by atoms with E-state index in [4.69, 9.17) is 34.7 Å². The summed E-state index contributed by atoms with van der Waals surface area (Å²) >= 11 is 0. The van der Waals surface area contributed by atoms with Gasteiger partial charge in [-0.3, -0.25) is 17.5 Å². The van der Waals surface area contributed by atoms with Gasteiger partial charge in [-0.15, -0.1) is 0 Å². The molecule has 0 aliphatic rings. The van der Waals surface area contributed by atoms with Crippen LogP contribution in [-0.2, 0) is 10.1 Å². The molecule has 134 valence electrons. The van der Waals surface area contributed by atoms with Crippen LogP contribution in [0.1, 0.15) is 6.99 Å². The van der Waals surface area contributed by atoms with Gasteiger partial charge in [0.1, 0.15) is 0 Å². The molecule has 0 aliphatic heterocycles. The van der Waals surface area contributed by atoms with Gasteiger partial charge in [-0.05, 0) is 24.6 Å². The number of halogens is 3.